The van der Waals surface area contributed by atoms with Crippen LogP contribution in [0.1, 0.15) is 27.8 Å². The molecule has 0 bridgehead atoms. The summed E-state index contributed by atoms with van der Waals surface area (Å²) in [6.07, 6.45) is 3.52. The molecule has 0 saturated carbocycles. The quantitative estimate of drug-likeness (QED) is 0.801. The van der Waals surface area contributed by atoms with E-state index in [-0.39, 0.29) is 6.61 Å². The lowest BCUT2D eigenvalue weighted by molar-refractivity contribution is 0.281. The fourth-order valence-electron chi connectivity index (χ4n) is 2.85. The molecule has 0 heterocycles. The molecule has 0 spiro atoms. The summed E-state index contributed by atoms with van der Waals surface area (Å²) in [7, 11) is 0. The first-order chi connectivity index (χ1) is 9.83. The van der Waals surface area contributed by atoms with Crippen LogP contribution in [-0.4, -0.2) is 5.11 Å². The third kappa shape index (κ3) is 2.13. The second-order valence-electron chi connectivity index (χ2n) is 4.99. The largest absolute Gasteiger partial charge is 0.392 e. The van der Waals surface area contributed by atoms with Crippen LogP contribution in [0.5, 0.6) is 0 Å². The van der Waals surface area contributed by atoms with E-state index in [0.29, 0.717) is 0 Å². The number of aryl methyl sites for hydroxylation is 2. The standard InChI is InChI=1S/C18H15NO/c19-10-9-18-16-4-2-1-3-14(16)6-7-15-11-13(12-20)5-8-17(15)18/h1-5,8-9,11,20H,6-7,12H2/b18-9-. The van der Waals surface area contributed by atoms with Gasteiger partial charge in [-0.15, -0.1) is 0 Å². The number of allylic oxidation sites excluding steroid dienone is 1. The molecule has 2 heteroatoms. The molecule has 0 radical (unpaired) electrons. The van der Waals surface area contributed by atoms with Gasteiger partial charge in [0, 0.05) is 6.08 Å². The SMILES string of the molecule is N#C/C=C1/c2ccccc2CCc2cc(CO)ccc21. The molecule has 1 aliphatic rings. The number of rotatable bonds is 1. The maximum Gasteiger partial charge on any atom is 0.0918 e. The first kappa shape index (κ1) is 12.7. The summed E-state index contributed by atoms with van der Waals surface area (Å²) in [4.78, 5) is 0. The van der Waals surface area contributed by atoms with Crippen molar-refractivity contribution in [2.24, 2.45) is 0 Å². The molecule has 2 aromatic rings. The molecule has 0 unspecified atom stereocenters. The molecular weight excluding hydrogens is 246 g/mol. The van der Waals surface area contributed by atoms with E-state index in [1.807, 2.05) is 30.3 Å². The van der Waals surface area contributed by atoms with E-state index in [1.54, 1.807) is 6.08 Å². The molecule has 0 saturated heterocycles. The number of hydrogen-bond acceptors (Lipinski definition) is 2. The number of aliphatic hydroxyl groups excluding tert-OH is 1. The van der Waals surface area contributed by atoms with Crippen LogP contribution in [0.15, 0.2) is 48.5 Å². The van der Waals surface area contributed by atoms with Gasteiger partial charge in [0.15, 0.2) is 0 Å². The van der Waals surface area contributed by atoms with E-state index in [4.69, 9.17) is 5.26 Å². The predicted molar refractivity (Wildman–Crippen MR) is 78.9 cm³/mol. The Morgan fingerprint density at radius 3 is 2.60 bits per heavy atom. The van der Waals surface area contributed by atoms with Crippen molar-refractivity contribution in [2.45, 2.75) is 19.4 Å². The van der Waals surface area contributed by atoms with Crippen LogP contribution < -0.4 is 0 Å². The van der Waals surface area contributed by atoms with Gasteiger partial charge in [0.1, 0.15) is 0 Å². The van der Waals surface area contributed by atoms with Gasteiger partial charge in [0.05, 0.1) is 12.7 Å². The number of nitrogens with zero attached hydrogens (tertiary/aromatic N) is 1. The topological polar surface area (TPSA) is 44.0 Å². The third-order valence-corrected chi connectivity index (χ3v) is 3.82. The second kappa shape index (κ2) is 5.32. The lowest BCUT2D eigenvalue weighted by Gasteiger charge is -2.11. The normalized spacial score (nSPS) is 15.1. The summed E-state index contributed by atoms with van der Waals surface area (Å²) in [5.41, 5.74) is 6.63. The van der Waals surface area contributed by atoms with Gasteiger partial charge < -0.3 is 5.11 Å². The van der Waals surface area contributed by atoms with Crippen molar-refractivity contribution in [1.29, 1.82) is 5.26 Å². The van der Waals surface area contributed by atoms with Crippen LogP contribution in [0.4, 0.5) is 0 Å². The molecule has 0 aromatic heterocycles. The molecule has 2 aromatic carbocycles. The van der Waals surface area contributed by atoms with Crippen molar-refractivity contribution in [1.82, 2.24) is 0 Å². The highest BCUT2D eigenvalue weighted by molar-refractivity contribution is 5.85. The summed E-state index contributed by atoms with van der Waals surface area (Å²) in [5, 5.41) is 18.4. The van der Waals surface area contributed by atoms with Crippen LogP contribution in [0, 0.1) is 11.3 Å². The minimum Gasteiger partial charge on any atom is -0.392 e. The zero-order chi connectivity index (χ0) is 13.9. The number of aliphatic hydroxyl groups is 1. The molecule has 0 amide bonds. The third-order valence-electron chi connectivity index (χ3n) is 3.82. The maximum absolute atomic E-state index is 9.29. The summed E-state index contributed by atoms with van der Waals surface area (Å²) < 4.78 is 0. The van der Waals surface area contributed by atoms with Crippen molar-refractivity contribution in [3.63, 3.8) is 0 Å². The lowest BCUT2D eigenvalue weighted by Crippen LogP contribution is -1.95. The van der Waals surface area contributed by atoms with E-state index >= 15 is 0 Å². The average molecular weight is 261 g/mol. The molecule has 1 aliphatic carbocycles. The van der Waals surface area contributed by atoms with Gasteiger partial charge in [-0.2, -0.15) is 5.26 Å². The fourth-order valence-corrected chi connectivity index (χ4v) is 2.85. The Bertz CT molecular complexity index is 722. The minimum atomic E-state index is 0.0531. The zero-order valence-corrected chi connectivity index (χ0v) is 11.1. The fraction of sp³-hybridized carbons (Fsp3) is 0.167. The monoisotopic (exact) mass is 261 g/mol. The Balaban J connectivity index is 2.23. The highest BCUT2D eigenvalue weighted by atomic mass is 16.3. The molecule has 98 valence electrons. The van der Waals surface area contributed by atoms with E-state index in [0.717, 1.165) is 35.1 Å². The molecule has 1 N–H and O–H groups in total. The smallest absolute Gasteiger partial charge is 0.0918 e. The molecule has 20 heavy (non-hydrogen) atoms. The Morgan fingerprint density at radius 1 is 1.05 bits per heavy atom. The van der Waals surface area contributed by atoms with Crippen molar-refractivity contribution >= 4 is 5.57 Å². The van der Waals surface area contributed by atoms with Gasteiger partial charge >= 0.3 is 0 Å². The van der Waals surface area contributed by atoms with E-state index in [2.05, 4.69) is 18.2 Å². The summed E-state index contributed by atoms with van der Waals surface area (Å²) in [5.74, 6) is 0. The van der Waals surface area contributed by atoms with Crippen LogP contribution in [0.25, 0.3) is 5.57 Å². The van der Waals surface area contributed by atoms with Crippen LogP contribution in [0.3, 0.4) is 0 Å². The van der Waals surface area contributed by atoms with Gasteiger partial charge in [-0.25, -0.2) is 0 Å². The van der Waals surface area contributed by atoms with Crippen molar-refractivity contribution in [2.75, 3.05) is 0 Å². The van der Waals surface area contributed by atoms with Gasteiger partial charge in [-0.1, -0.05) is 42.5 Å². The summed E-state index contributed by atoms with van der Waals surface area (Å²) >= 11 is 0. The predicted octanol–water partition coefficient (Wildman–Crippen LogP) is 3.23. The number of benzene rings is 2. The Hall–Kier alpha value is -2.37. The maximum atomic E-state index is 9.29. The molecule has 0 aliphatic heterocycles. The van der Waals surface area contributed by atoms with Crippen molar-refractivity contribution in [3.8, 4) is 6.07 Å². The summed E-state index contributed by atoms with van der Waals surface area (Å²) in [6.45, 7) is 0.0531. The Morgan fingerprint density at radius 2 is 1.80 bits per heavy atom. The van der Waals surface area contributed by atoms with Crippen LogP contribution in [-0.2, 0) is 19.4 Å². The Labute approximate surface area is 118 Å². The summed E-state index contributed by atoms with van der Waals surface area (Å²) in [6, 6.07) is 16.4. The van der Waals surface area contributed by atoms with Crippen LogP contribution in [0.2, 0.25) is 0 Å². The molecule has 2 nitrogen and oxygen atoms in total. The average Bonchev–Trinajstić information content (AvgIpc) is 2.65. The number of nitriles is 1. The Kier molecular flexibility index (Phi) is 3.37. The molecule has 3 rings (SSSR count). The number of fused-ring (bicyclic) bond motifs is 2. The molecule has 0 fully saturated rings. The highest BCUT2D eigenvalue weighted by Crippen LogP contribution is 2.33. The first-order valence-electron chi connectivity index (χ1n) is 6.74. The van der Waals surface area contributed by atoms with Gasteiger partial charge in [0.2, 0.25) is 0 Å². The highest BCUT2D eigenvalue weighted by Gasteiger charge is 2.17. The zero-order valence-electron chi connectivity index (χ0n) is 11.1. The van der Waals surface area contributed by atoms with Crippen molar-refractivity contribution < 1.29 is 5.11 Å². The van der Waals surface area contributed by atoms with Crippen LogP contribution >= 0.6 is 0 Å². The van der Waals surface area contributed by atoms with Gasteiger partial charge in [-0.05, 0) is 46.2 Å². The van der Waals surface area contributed by atoms with E-state index in [1.165, 1.54) is 11.1 Å². The lowest BCUT2D eigenvalue weighted by atomic mass is 9.93. The first-order valence-corrected chi connectivity index (χ1v) is 6.74. The van der Waals surface area contributed by atoms with Gasteiger partial charge in [-0.3, -0.25) is 0 Å². The minimum absolute atomic E-state index is 0.0531. The van der Waals surface area contributed by atoms with E-state index < -0.39 is 0 Å². The van der Waals surface area contributed by atoms with E-state index in [9.17, 15) is 5.11 Å². The molecule has 0 atom stereocenters. The van der Waals surface area contributed by atoms with Gasteiger partial charge in [0.25, 0.3) is 0 Å². The molecular formula is C18H15NO. The van der Waals surface area contributed by atoms with Crippen molar-refractivity contribution in [3.05, 3.63) is 76.4 Å². The number of hydrogen-bond donors (Lipinski definition) is 1. The second-order valence-corrected chi connectivity index (χ2v) is 4.99.